The summed E-state index contributed by atoms with van der Waals surface area (Å²) < 4.78 is 5.87. The summed E-state index contributed by atoms with van der Waals surface area (Å²) in [5.41, 5.74) is 0.0474. The molecule has 2 unspecified atom stereocenters. The lowest BCUT2D eigenvalue weighted by Crippen LogP contribution is -2.59. The fourth-order valence-corrected chi connectivity index (χ4v) is 3.72. The Hall–Kier alpha value is -0.120. The van der Waals surface area contributed by atoms with Gasteiger partial charge < -0.3 is 15.4 Å². The molecule has 0 saturated carbocycles. The van der Waals surface area contributed by atoms with E-state index in [2.05, 4.69) is 80.8 Å². The number of aliphatic imine (C=N–C) groups is 1. The highest BCUT2D eigenvalue weighted by molar-refractivity contribution is 14.0. The molecule has 1 aliphatic heterocycles. The molecule has 0 radical (unpaired) electrons. The highest BCUT2D eigenvalue weighted by Gasteiger charge is 2.33. The van der Waals surface area contributed by atoms with Crippen molar-refractivity contribution < 1.29 is 4.74 Å². The molecule has 6 nitrogen and oxygen atoms in total. The Morgan fingerprint density at radius 1 is 1.11 bits per heavy atom. The highest BCUT2D eigenvalue weighted by Crippen LogP contribution is 2.20. The predicted octanol–water partition coefficient (Wildman–Crippen LogP) is 2.78. The first kappa shape index (κ1) is 26.9. The minimum absolute atomic E-state index is 0. The van der Waals surface area contributed by atoms with Gasteiger partial charge in [-0.15, -0.1) is 24.0 Å². The van der Waals surface area contributed by atoms with Crippen molar-refractivity contribution in [2.45, 2.75) is 85.2 Å². The molecule has 0 amide bonds. The summed E-state index contributed by atoms with van der Waals surface area (Å²) in [4.78, 5) is 9.39. The first-order valence-corrected chi connectivity index (χ1v) is 10.2. The molecule has 0 aliphatic carbocycles. The van der Waals surface area contributed by atoms with Crippen molar-refractivity contribution in [1.29, 1.82) is 0 Å². The molecule has 1 rings (SSSR count). The van der Waals surface area contributed by atoms with Gasteiger partial charge in [-0.25, -0.2) is 0 Å². The van der Waals surface area contributed by atoms with Crippen LogP contribution in [0.5, 0.6) is 0 Å². The zero-order valence-electron chi connectivity index (χ0n) is 19.0. The van der Waals surface area contributed by atoms with Crippen molar-refractivity contribution in [3.8, 4) is 0 Å². The van der Waals surface area contributed by atoms with Gasteiger partial charge in [0.15, 0.2) is 5.96 Å². The number of hydrogen-bond donors (Lipinski definition) is 2. The van der Waals surface area contributed by atoms with Crippen LogP contribution in [-0.4, -0.2) is 85.4 Å². The van der Waals surface area contributed by atoms with Crippen LogP contribution in [0, 0.1) is 0 Å². The van der Waals surface area contributed by atoms with E-state index < -0.39 is 0 Å². The van der Waals surface area contributed by atoms with E-state index >= 15 is 0 Å². The Bertz CT molecular complexity index is 424. The van der Waals surface area contributed by atoms with Crippen molar-refractivity contribution in [3.05, 3.63) is 0 Å². The van der Waals surface area contributed by atoms with Gasteiger partial charge in [0, 0.05) is 57.4 Å². The summed E-state index contributed by atoms with van der Waals surface area (Å²) in [6, 6.07) is 1.10. The maximum absolute atomic E-state index is 5.87. The van der Waals surface area contributed by atoms with Gasteiger partial charge in [-0.2, -0.15) is 0 Å². The number of ether oxygens (including phenoxy) is 1. The quantitative estimate of drug-likeness (QED) is 0.307. The minimum atomic E-state index is 0. The zero-order chi connectivity index (χ0) is 19.9. The summed E-state index contributed by atoms with van der Waals surface area (Å²) in [5, 5.41) is 6.96. The fraction of sp³-hybridized carbons (Fsp3) is 0.950. The molecular weight excluding hydrogens is 453 g/mol. The summed E-state index contributed by atoms with van der Waals surface area (Å²) in [5.74, 6) is 0.875. The molecule has 1 saturated heterocycles. The third-order valence-electron chi connectivity index (χ3n) is 5.18. The van der Waals surface area contributed by atoms with Crippen LogP contribution in [0.1, 0.15) is 55.4 Å². The van der Waals surface area contributed by atoms with Gasteiger partial charge in [-0.05, 0) is 55.4 Å². The normalized spacial score (nSPS) is 22.3. The summed E-state index contributed by atoms with van der Waals surface area (Å²) in [6.07, 6.45) is 0.571. The Morgan fingerprint density at radius 2 is 1.63 bits per heavy atom. The minimum Gasteiger partial charge on any atom is -0.373 e. The lowest BCUT2D eigenvalue weighted by molar-refractivity contribution is -0.0946. The Balaban J connectivity index is 0.00000676. The Labute approximate surface area is 184 Å². The molecular formula is C20H44IN5O. The molecule has 27 heavy (non-hydrogen) atoms. The van der Waals surface area contributed by atoms with Crippen molar-refractivity contribution >= 4 is 29.9 Å². The monoisotopic (exact) mass is 497 g/mol. The molecule has 2 N–H and O–H groups in total. The molecule has 162 valence electrons. The zero-order valence-corrected chi connectivity index (χ0v) is 21.3. The van der Waals surface area contributed by atoms with Crippen LogP contribution in [0.25, 0.3) is 0 Å². The van der Waals surface area contributed by atoms with Gasteiger partial charge in [0.25, 0.3) is 0 Å². The van der Waals surface area contributed by atoms with E-state index in [0.717, 1.165) is 38.7 Å². The number of rotatable bonds is 8. The molecule has 2 atom stereocenters. The van der Waals surface area contributed by atoms with Crippen LogP contribution >= 0.6 is 24.0 Å². The summed E-state index contributed by atoms with van der Waals surface area (Å²) in [7, 11) is 1.84. The van der Waals surface area contributed by atoms with E-state index in [4.69, 9.17) is 4.74 Å². The van der Waals surface area contributed by atoms with Crippen LogP contribution in [0.2, 0.25) is 0 Å². The average Bonchev–Trinajstić information content (AvgIpc) is 2.52. The molecule has 0 bridgehead atoms. The van der Waals surface area contributed by atoms with E-state index in [0.29, 0.717) is 12.1 Å². The number of hydrogen-bond acceptors (Lipinski definition) is 4. The number of guanidine groups is 1. The second-order valence-electron chi connectivity index (χ2n) is 8.75. The number of nitrogens with zero attached hydrogens (tertiary/aromatic N) is 3. The van der Waals surface area contributed by atoms with Gasteiger partial charge >= 0.3 is 0 Å². The average molecular weight is 498 g/mol. The van der Waals surface area contributed by atoms with E-state index in [1.54, 1.807) is 0 Å². The second-order valence-corrected chi connectivity index (χ2v) is 8.75. The molecule has 0 aromatic rings. The lowest BCUT2D eigenvalue weighted by Gasteiger charge is -2.45. The van der Waals surface area contributed by atoms with Gasteiger partial charge in [0.05, 0.1) is 12.2 Å². The SMILES string of the molecule is CN=C(NCCN(C(C)C)C(C)C)NCC(C)(C)N1CC(C)OC(C)C1.I. The Kier molecular flexibility index (Phi) is 12.4. The van der Waals surface area contributed by atoms with Crippen LogP contribution < -0.4 is 10.6 Å². The smallest absolute Gasteiger partial charge is 0.191 e. The fourth-order valence-electron chi connectivity index (χ4n) is 3.72. The molecule has 1 aliphatic rings. The van der Waals surface area contributed by atoms with E-state index in [1.807, 2.05) is 7.05 Å². The molecule has 0 aromatic heterocycles. The second kappa shape index (κ2) is 12.4. The first-order chi connectivity index (χ1) is 12.1. The molecule has 1 heterocycles. The van der Waals surface area contributed by atoms with Crippen molar-refractivity contribution in [1.82, 2.24) is 20.4 Å². The van der Waals surface area contributed by atoms with Crippen molar-refractivity contribution in [2.24, 2.45) is 4.99 Å². The van der Waals surface area contributed by atoms with Crippen LogP contribution in [0.4, 0.5) is 0 Å². The lowest BCUT2D eigenvalue weighted by atomic mass is 10.00. The number of nitrogens with one attached hydrogen (secondary N) is 2. The van der Waals surface area contributed by atoms with E-state index in [-0.39, 0.29) is 41.7 Å². The number of halogens is 1. The number of morpholine rings is 1. The van der Waals surface area contributed by atoms with Crippen molar-refractivity contribution in [2.75, 3.05) is 39.8 Å². The summed E-state index contributed by atoms with van der Waals surface area (Å²) >= 11 is 0. The predicted molar refractivity (Wildman–Crippen MR) is 127 cm³/mol. The maximum Gasteiger partial charge on any atom is 0.191 e. The highest BCUT2D eigenvalue weighted by atomic mass is 127. The molecule has 7 heteroatoms. The van der Waals surface area contributed by atoms with Gasteiger partial charge in [0.1, 0.15) is 0 Å². The largest absolute Gasteiger partial charge is 0.373 e. The molecule has 1 fully saturated rings. The third kappa shape index (κ3) is 9.28. The first-order valence-electron chi connectivity index (χ1n) is 10.2. The van der Waals surface area contributed by atoms with Crippen molar-refractivity contribution in [3.63, 3.8) is 0 Å². The summed E-state index contributed by atoms with van der Waals surface area (Å²) in [6.45, 7) is 22.6. The van der Waals surface area contributed by atoms with Crippen LogP contribution in [0.3, 0.4) is 0 Å². The van der Waals surface area contributed by atoms with Gasteiger partial charge in [0.2, 0.25) is 0 Å². The van der Waals surface area contributed by atoms with Gasteiger partial charge in [-0.1, -0.05) is 0 Å². The van der Waals surface area contributed by atoms with E-state index in [1.165, 1.54) is 0 Å². The van der Waals surface area contributed by atoms with Crippen LogP contribution in [-0.2, 0) is 4.74 Å². The third-order valence-corrected chi connectivity index (χ3v) is 5.18. The molecule has 0 aromatic carbocycles. The standard InChI is InChI=1S/C20H43N5O.HI/c1-15(2)25(16(3)4)11-10-22-19(21-9)23-14-20(7,8)24-12-17(5)26-18(6)13-24;/h15-18H,10-14H2,1-9H3,(H2,21,22,23);1H. The maximum atomic E-state index is 5.87. The van der Waals surface area contributed by atoms with E-state index in [9.17, 15) is 0 Å². The van der Waals surface area contributed by atoms with Crippen LogP contribution in [0.15, 0.2) is 4.99 Å². The van der Waals surface area contributed by atoms with Gasteiger partial charge in [-0.3, -0.25) is 14.8 Å². The topological polar surface area (TPSA) is 52.1 Å². The molecule has 0 spiro atoms. The Morgan fingerprint density at radius 3 is 2.07 bits per heavy atom.